The van der Waals surface area contributed by atoms with Crippen LogP contribution in [0.4, 0.5) is 0 Å². The summed E-state index contributed by atoms with van der Waals surface area (Å²) in [4.78, 5) is 0. The van der Waals surface area contributed by atoms with Crippen LogP contribution in [-0.4, -0.2) is 24.6 Å². The lowest BCUT2D eigenvalue weighted by atomic mass is 9.66. The predicted octanol–water partition coefficient (Wildman–Crippen LogP) is 2.52. The molecule has 0 aromatic carbocycles. The van der Waals surface area contributed by atoms with Gasteiger partial charge in [0.15, 0.2) is 0 Å². The molecule has 3 fully saturated rings. The molecule has 0 amide bonds. The second-order valence-corrected chi connectivity index (χ2v) is 6.45. The predicted molar refractivity (Wildman–Crippen MR) is 62.7 cm³/mol. The van der Waals surface area contributed by atoms with Crippen LogP contribution in [0.1, 0.15) is 32.1 Å². The van der Waals surface area contributed by atoms with Gasteiger partial charge in [-0.25, -0.2) is 0 Å². The van der Waals surface area contributed by atoms with Crippen molar-refractivity contribution in [2.24, 2.45) is 17.3 Å². The van der Waals surface area contributed by atoms with Gasteiger partial charge in [-0.2, -0.15) is 11.8 Å². The van der Waals surface area contributed by atoms with E-state index in [2.05, 4.69) is 17.1 Å². The maximum absolute atomic E-state index is 3.63. The van der Waals surface area contributed by atoms with E-state index in [0.29, 0.717) is 0 Å². The molecular formula is C12H21NS. The Morgan fingerprint density at radius 3 is 2.57 bits per heavy atom. The molecule has 0 aromatic heterocycles. The van der Waals surface area contributed by atoms with Gasteiger partial charge in [-0.05, 0) is 36.8 Å². The SMILES string of the molecule is C1CCC(C2CNCCC23CSC3)C1. The molecule has 1 nitrogen and oxygen atoms in total. The molecule has 14 heavy (non-hydrogen) atoms. The van der Waals surface area contributed by atoms with Gasteiger partial charge in [0.1, 0.15) is 0 Å². The standard InChI is InChI=1S/C12H21NS/c1-2-4-10(3-1)11-7-13-6-5-12(11)8-14-9-12/h10-11,13H,1-9H2. The zero-order chi connectivity index (χ0) is 9.43. The number of piperidine rings is 1. The number of rotatable bonds is 1. The van der Waals surface area contributed by atoms with Crippen LogP contribution in [0, 0.1) is 17.3 Å². The summed E-state index contributed by atoms with van der Waals surface area (Å²) >= 11 is 2.18. The van der Waals surface area contributed by atoms with E-state index in [9.17, 15) is 0 Å². The fourth-order valence-corrected chi connectivity index (χ4v) is 5.19. The quantitative estimate of drug-likeness (QED) is 0.715. The number of thioether (sulfide) groups is 1. The van der Waals surface area contributed by atoms with Crippen LogP contribution in [0.25, 0.3) is 0 Å². The van der Waals surface area contributed by atoms with E-state index in [1.54, 1.807) is 0 Å². The Morgan fingerprint density at radius 1 is 1.14 bits per heavy atom. The fraction of sp³-hybridized carbons (Fsp3) is 1.00. The summed E-state index contributed by atoms with van der Waals surface area (Å²) < 4.78 is 0. The average Bonchev–Trinajstić information content (AvgIpc) is 2.68. The Labute approximate surface area is 91.4 Å². The molecule has 1 N–H and O–H groups in total. The zero-order valence-corrected chi connectivity index (χ0v) is 9.74. The average molecular weight is 211 g/mol. The molecule has 2 aliphatic heterocycles. The maximum Gasteiger partial charge on any atom is 0.000104 e. The lowest BCUT2D eigenvalue weighted by molar-refractivity contribution is 0.0957. The first-order chi connectivity index (χ1) is 6.91. The first-order valence-electron chi connectivity index (χ1n) is 6.19. The van der Waals surface area contributed by atoms with E-state index in [4.69, 9.17) is 0 Å². The van der Waals surface area contributed by atoms with Crippen molar-refractivity contribution < 1.29 is 0 Å². The normalized spacial score (nSPS) is 37.3. The first kappa shape index (κ1) is 9.53. The van der Waals surface area contributed by atoms with Crippen molar-refractivity contribution in [2.45, 2.75) is 32.1 Å². The van der Waals surface area contributed by atoms with Crippen molar-refractivity contribution in [3.8, 4) is 0 Å². The molecular weight excluding hydrogens is 190 g/mol. The van der Waals surface area contributed by atoms with E-state index in [-0.39, 0.29) is 0 Å². The lowest BCUT2D eigenvalue weighted by Gasteiger charge is -2.52. The number of hydrogen-bond acceptors (Lipinski definition) is 2. The highest BCUT2D eigenvalue weighted by Gasteiger charge is 2.48. The molecule has 0 radical (unpaired) electrons. The van der Waals surface area contributed by atoms with Gasteiger partial charge in [0.2, 0.25) is 0 Å². The molecule has 3 rings (SSSR count). The van der Waals surface area contributed by atoms with Crippen molar-refractivity contribution in [1.29, 1.82) is 0 Å². The maximum atomic E-state index is 3.63. The smallest absolute Gasteiger partial charge is 0.000104 e. The molecule has 1 saturated carbocycles. The molecule has 80 valence electrons. The Morgan fingerprint density at radius 2 is 1.93 bits per heavy atom. The second-order valence-electron chi connectivity index (χ2n) is 5.46. The van der Waals surface area contributed by atoms with Gasteiger partial charge in [-0.1, -0.05) is 25.7 Å². The summed E-state index contributed by atoms with van der Waals surface area (Å²) in [6, 6.07) is 0. The summed E-state index contributed by atoms with van der Waals surface area (Å²) in [5.74, 6) is 5.04. The van der Waals surface area contributed by atoms with Gasteiger partial charge < -0.3 is 5.32 Å². The van der Waals surface area contributed by atoms with Gasteiger partial charge in [-0.3, -0.25) is 0 Å². The molecule has 1 atom stereocenters. The summed E-state index contributed by atoms with van der Waals surface area (Å²) in [6.45, 7) is 2.61. The molecule has 0 aromatic rings. The number of hydrogen-bond donors (Lipinski definition) is 1. The van der Waals surface area contributed by atoms with Gasteiger partial charge in [-0.15, -0.1) is 0 Å². The van der Waals surface area contributed by atoms with Gasteiger partial charge >= 0.3 is 0 Å². The Bertz CT molecular complexity index is 206. The molecule has 2 saturated heterocycles. The number of nitrogens with one attached hydrogen (secondary N) is 1. The van der Waals surface area contributed by atoms with Crippen LogP contribution in [0.5, 0.6) is 0 Å². The molecule has 1 aliphatic carbocycles. The highest BCUT2D eigenvalue weighted by atomic mass is 32.2. The Hall–Kier alpha value is 0.310. The van der Waals surface area contributed by atoms with Gasteiger partial charge in [0.05, 0.1) is 0 Å². The van der Waals surface area contributed by atoms with Crippen LogP contribution in [-0.2, 0) is 0 Å². The molecule has 1 spiro atoms. The molecule has 1 unspecified atom stereocenters. The van der Waals surface area contributed by atoms with Crippen molar-refractivity contribution in [3.05, 3.63) is 0 Å². The van der Waals surface area contributed by atoms with E-state index in [0.717, 1.165) is 17.3 Å². The highest BCUT2D eigenvalue weighted by Crippen LogP contribution is 2.53. The summed E-state index contributed by atoms with van der Waals surface area (Å²) in [5, 5.41) is 3.63. The van der Waals surface area contributed by atoms with E-state index >= 15 is 0 Å². The third kappa shape index (κ3) is 1.42. The summed E-state index contributed by atoms with van der Waals surface area (Å²) in [5.41, 5.74) is 0.783. The Kier molecular flexibility index (Phi) is 2.53. The zero-order valence-electron chi connectivity index (χ0n) is 8.93. The first-order valence-corrected chi connectivity index (χ1v) is 7.35. The van der Waals surface area contributed by atoms with Crippen molar-refractivity contribution >= 4 is 11.8 Å². The topological polar surface area (TPSA) is 12.0 Å². The minimum Gasteiger partial charge on any atom is -0.316 e. The van der Waals surface area contributed by atoms with Crippen molar-refractivity contribution in [1.82, 2.24) is 5.32 Å². The second kappa shape index (κ2) is 3.71. The summed E-state index contributed by atoms with van der Waals surface area (Å²) in [6.07, 6.45) is 7.52. The van der Waals surface area contributed by atoms with E-state index in [1.165, 1.54) is 56.7 Å². The van der Waals surface area contributed by atoms with Crippen molar-refractivity contribution in [2.75, 3.05) is 24.6 Å². The van der Waals surface area contributed by atoms with Gasteiger partial charge in [0, 0.05) is 11.5 Å². The summed E-state index contributed by atoms with van der Waals surface area (Å²) in [7, 11) is 0. The third-order valence-corrected chi connectivity index (χ3v) is 6.26. The minimum absolute atomic E-state index is 0.783. The highest BCUT2D eigenvalue weighted by molar-refractivity contribution is 8.00. The molecule has 2 heteroatoms. The van der Waals surface area contributed by atoms with E-state index in [1.807, 2.05) is 0 Å². The van der Waals surface area contributed by atoms with Crippen LogP contribution >= 0.6 is 11.8 Å². The van der Waals surface area contributed by atoms with Crippen LogP contribution in [0.2, 0.25) is 0 Å². The lowest BCUT2D eigenvalue weighted by Crippen LogP contribution is -2.54. The third-order valence-electron chi connectivity index (χ3n) is 4.70. The van der Waals surface area contributed by atoms with E-state index < -0.39 is 0 Å². The fourth-order valence-electron chi connectivity index (χ4n) is 3.75. The largest absolute Gasteiger partial charge is 0.316 e. The minimum atomic E-state index is 0.783. The van der Waals surface area contributed by atoms with Crippen LogP contribution < -0.4 is 5.32 Å². The van der Waals surface area contributed by atoms with Gasteiger partial charge in [0.25, 0.3) is 0 Å². The Balaban J connectivity index is 1.74. The molecule has 0 bridgehead atoms. The van der Waals surface area contributed by atoms with Crippen LogP contribution in [0.3, 0.4) is 0 Å². The van der Waals surface area contributed by atoms with Crippen LogP contribution in [0.15, 0.2) is 0 Å². The van der Waals surface area contributed by atoms with Crippen molar-refractivity contribution in [3.63, 3.8) is 0 Å². The molecule has 3 aliphatic rings. The monoisotopic (exact) mass is 211 g/mol. The molecule has 2 heterocycles.